The third-order valence-electron chi connectivity index (χ3n) is 5.46. The number of hydrogen-bond acceptors (Lipinski definition) is 3. The topological polar surface area (TPSA) is 46.5 Å². The Hall–Kier alpha value is -1.09. The number of carbonyl (C=O) groups excluding carboxylic acids is 1. The zero-order valence-corrected chi connectivity index (χ0v) is 10.9. The number of esters is 1. The molecule has 3 rings (SSSR count). The van der Waals surface area contributed by atoms with Crippen LogP contribution in [0.15, 0.2) is 24.3 Å². The molecule has 3 nitrogen and oxygen atoms in total. The highest BCUT2D eigenvalue weighted by Gasteiger charge is 2.60. The van der Waals surface area contributed by atoms with E-state index in [4.69, 9.17) is 4.74 Å². The summed E-state index contributed by atoms with van der Waals surface area (Å²) >= 11 is 0. The van der Waals surface area contributed by atoms with Crippen LogP contribution in [0.5, 0.6) is 0 Å². The quantitative estimate of drug-likeness (QED) is 0.406. The molecule has 0 amide bonds. The normalized spacial score (nSPS) is 47.6. The molecule has 0 aromatic carbocycles. The maximum Gasteiger partial charge on any atom is 0.334 e. The summed E-state index contributed by atoms with van der Waals surface area (Å²) in [6.07, 6.45) is 3.86. The van der Waals surface area contributed by atoms with Crippen molar-refractivity contribution in [2.24, 2.45) is 11.3 Å². The second-order valence-electron chi connectivity index (χ2n) is 6.30. The molecular formula is C15H20O3. The SMILES string of the molecule is C=C1C(=O)O[C@@H]2C[C@]3(C)C(=C)CCC[C@@]3(O)C[C@H]12. The van der Waals surface area contributed by atoms with Crippen LogP contribution in [0.25, 0.3) is 0 Å². The predicted octanol–water partition coefficient (Wildman–Crippen LogP) is 2.36. The predicted molar refractivity (Wildman–Crippen MR) is 67.8 cm³/mol. The van der Waals surface area contributed by atoms with Crippen LogP contribution in [-0.4, -0.2) is 22.8 Å². The largest absolute Gasteiger partial charge is 0.458 e. The van der Waals surface area contributed by atoms with Gasteiger partial charge in [-0.1, -0.05) is 25.7 Å². The standard InChI is InChI=1S/C15H20O3/c1-9-5-4-6-15(17)7-11-10(2)13(16)18-12(11)8-14(9,15)3/h11-12,17H,1-2,4-8H2,3H3/t11-,12-,14-,15-/m1/s1. The van der Waals surface area contributed by atoms with E-state index in [0.717, 1.165) is 24.8 Å². The monoisotopic (exact) mass is 248 g/mol. The molecule has 1 aliphatic heterocycles. The molecule has 18 heavy (non-hydrogen) atoms. The molecular weight excluding hydrogens is 228 g/mol. The molecule has 1 heterocycles. The first-order valence-corrected chi connectivity index (χ1v) is 6.68. The van der Waals surface area contributed by atoms with Gasteiger partial charge in [-0.3, -0.25) is 0 Å². The van der Waals surface area contributed by atoms with Gasteiger partial charge in [0.25, 0.3) is 0 Å². The molecule has 0 bridgehead atoms. The minimum atomic E-state index is -0.750. The summed E-state index contributed by atoms with van der Waals surface area (Å²) in [5, 5.41) is 11.0. The van der Waals surface area contributed by atoms with Crippen LogP contribution >= 0.6 is 0 Å². The molecule has 3 aliphatic rings. The Kier molecular flexibility index (Phi) is 2.31. The maximum absolute atomic E-state index is 11.6. The van der Waals surface area contributed by atoms with Crippen molar-refractivity contribution in [1.82, 2.24) is 0 Å². The van der Waals surface area contributed by atoms with E-state index in [1.165, 1.54) is 0 Å². The molecule has 0 spiro atoms. The van der Waals surface area contributed by atoms with Gasteiger partial charge in [-0.15, -0.1) is 0 Å². The van der Waals surface area contributed by atoms with Crippen molar-refractivity contribution in [3.8, 4) is 0 Å². The smallest absolute Gasteiger partial charge is 0.334 e. The van der Waals surface area contributed by atoms with Gasteiger partial charge in [0.05, 0.1) is 5.60 Å². The lowest BCUT2D eigenvalue weighted by Gasteiger charge is -2.55. The molecule has 3 fully saturated rings. The van der Waals surface area contributed by atoms with Gasteiger partial charge in [0.2, 0.25) is 0 Å². The fraction of sp³-hybridized carbons (Fsp3) is 0.667. The molecule has 0 aromatic rings. The summed E-state index contributed by atoms with van der Waals surface area (Å²) in [4.78, 5) is 11.6. The Morgan fingerprint density at radius 2 is 2.11 bits per heavy atom. The molecule has 1 saturated heterocycles. The van der Waals surface area contributed by atoms with Gasteiger partial charge < -0.3 is 9.84 Å². The van der Waals surface area contributed by atoms with E-state index >= 15 is 0 Å². The third kappa shape index (κ3) is 1.31. The van der Waals surface area contributed by atoms with Crippen LogP contribution in [0.2, 0.25) is 0 Å². The Labute approximate surface area is 108 Å². The summed E-state index contributed by atoms with van der Waals surface area (Å²) in [5.74, 6) is -0.303. The lowest BCUT2D eigenvalue weighted by atomic mass is 9.53. The van der Waals surface area contributed by atoms with E-state index in [1.54, 1.807) is 0 Å². The van der Waals surface area contributed by atoms with Gasteiger partial charge in [0.15, 0.2) is 0 Å². The summed E-state index contributed by atoms with van der Waals surface area (Å²) in [7, 11) is 0. The second-order valence-corrected chi connectivity index (χ2v) is 6.30. The number of hydrogen-bond donors (Lipinski definition) is 1. The molecule has 1 N–H and O–H groups in total. The molecule has 98 valence electrons. The second kappa shape index (κ2) is 3.47. The lowest BCUT2D eigenvalue weighted by Crippen LogP contribution is -2.57. The number of rotatable bonds is 0. The highest BCUT2D eigenvalue weighted by atomic mass is 16.6. The van der Waals surface area contributed by atoms with Gasteiger partial charge in [-0.2, -0.15) is 0 Å². The van der Waals surface area contributed by atoms with E-state index < -0.39 is 5.60 Å². The maximum atomic E-state index is 11.6. The number of aliphatic hydroxyl groups is 1. The van der Waals surface area contributed by atoms with E-state index in [-0.39, 0.29) is 23.4 Å². The van der Waals surface area contributed by atoms with Crippen molar-refractivity contribution < 1.29 is 14.6 Å². The van der Waals surface area contributed by atoms with Crippen molar-refractivity contribution in [3.63, 3.8) is 0 Å². The first kappa shape index (κ1) is 12.0. The fourth-order valence-electron chi connectivity index (χ4n) is 4.01. The summed E-state index contributed by atoms with van der Waals surface area (Å²) in [5.41, 5.74) is 0.562. The van der Waals surface area contributed by atoms with Gasteiger partial charge in [-0.05, 0) is 32.1 Å². The number of ether oxygens (including phenoxy) is 1. The van der Waals surface area contributed by atoms with Crippen molar-refractivity contribution in [2.75, 3.05) is 0 Å². The highest BCUT2D eigenvalue weighted by molar-refractivity contribution is 5.90. The Morgan fingerprint density at radius 3 is 2.83 bits per heavy atom. The lowest BCUT2D eigenvalue weighted by molar-refractivity contribution is -0.157. The molecule has 2 saturated carbocycles. The van der Waals surface area contributed by atoms with Crippen molar-refractivity contribution >= 4 is 5.97 Å². The van der Waals surface area contributed by atoms with Crippen LogP contribution in [0.3, 0.4) is 0 Å². The Morgan fingerprint density at radius 1 is 1.39 bits per heavy atom. The van der Waals surface area contributed by atoms with Crippen molar-refractivity contribution in [2.45, 2.75) is 50.7 Å². The van der Waals surface area contributed by atoms with Crippen LogP contribution in [0.4, 0.5) is 0 Å². The Bertz CT molecular complexity index is 453. The molecule has 3 heteroatoms. The zero-order chi connectivity index (χ0) is 13.1. The van der Waals surface area contributed by atoms with Crippen molar-refractivity contribution in [3.05, 3.63) is 24.3 Å². The fourth-order valence-corrected chi connectivity index (χ4v) is 4.01. The summed E-state index contributed by atoms with van der Waals surface area (Å²) in [6.45, 7) is 10.0. The Balaban J connectivity index is 1.99. The van der Waals surface area contributed by atoms with E-state index in [1.807, 2.05) is 0 Å². The average Bonchev–Trinajstić information content (AvgIpc) is 2.55. The first-order chi connectivity index (χ1) is 8.37. The van der Waals surface area contributed by atoms with E-state index in [9.17, 15) is 9.90 Å². The number of carbonyl (C=O) groups is 1. The average molecular weight is 248 g/mol. The van der Waals surface area contributed by atoms with Crippen LogP contribution in [-0.2, 0) is 9.53 Å². The first-order valence-electron chi connectivity index (χ1n) is 6.68. The van der Waals surface area contributed by atoms with Crippen LogP contribution in [0, 0.1) is 11.3 Å². The van der Waals surface area contributed by atoms with E-state index in [2.05, 4.69) is 20.1 Å². The molecule has 2 aliphatic carbocycles. The minimum Gasteiger partial charge on any atom is -0.458 e. The van der Waals surface area contributed by atoms with Gasteiger partial charge in [-0.25, -0.2) is 4.79 Å². The van der Waals surface area contributed by atoms with Gasteiger partial charge >= 0.3 is 5.97 Å². The summed E-state index contributed by atoms with van der Waals surface area (Å²) < 4.78 is 5.39. The van der Waals surface area contributed by atoms with Crippen LogP contribution < -0.4 is 0 Å². The number of fused-ring (bicyclic) bond motifs is 2. The highest BCUT2D eigenvalue weighted by Crippen LogP contribution is 2.59. The molecule has 0 unspecified atom stereocenters. The van der Waals surface area contributed by atoms with Crippen LogP contribution in [0.1, 0.15) is 39.0 Å². The van der Waals surface area contributed by atoms with Crippen molar-refractivity contribution in [1.29, 1.82) is 0 Å². The molecule has 0 radical (unpaired) electrons. The third-order valence-corrected chi connectivity index (χ3v) is 5.46. The minimum absolute atomic E-state index is 0.0125. The van der Waals surface area contributed by atoms with Gasteiger partial charge in [0, 0.05) is 16.9 Å². The molecule has 0 aromatic heterocycles. The molecule has 4 atom stereocenters. The zero-order valence-electron chi connectivity index (χ0n) is 10.9. The summed E-state index contributed by atoms with van der Waals surface area (Å²) in [6, 6.07) is 0. The van der Waals surface area contributed by atoms with Gasteiger partial charge in [0.1, 0.15) is 6.10 Å². The van der Waals surface area contributed by atoms with E-state index in [0.29, 0.717) is 18.4 Å².